The van der Waals surface area contributed by atoms with Gasteiger partial charge in [0, 0.05) is 5.28 Å². The molecule has 0 spiro atoms. The number of alkyl carbamates (subject to hydrolysis) is 2. The van der Waals surface area contributed by atoms with Gasteiger partial charge in [0.15, 0.2) is 0 Å². The van der Waals surface area contributed by atoms with Crippen molar-refractivity contribution in [1.29, 1.82) is 5.53 Å². The molecule has 4 rings (SSSR count). The second-order valence-corrected chi connectivity index (χ2v) is 16.2. The second-order valence-electron chi connectivity index (χ2n) is 16.2. The fourth-order valence-electron chi connectivity index (χ4n) is 5.70. The summed E-state index contributed by atoms with van der Waals surface area (Å²) >= 11 is 0. The molecule has 6 atom stereocenters. The molecule has 13 N–H and O–H groups in total. The molecule has 0 aliphatic heterocycles. The van der Waals surface area contributed by atoms with E-state index in [-0.39, 0.29) is 18.8 Å². The van der Waals surface area contributed by atoms with Gasteiger partial charge in [-0.1, -0.05) is 97.1 Å². The molecule has 0 saturated carbocycles. The molecule has 0 aliphatic rings. The summed E-state index contributed by atoms with van der Waals surface area (Å²) in [6, 6.07) is 26.6. The third kappa shape index (κ3) is 25.6. The van der Waals surface area contributed by atoms with Crippen molar-refractivity contribution in [3.63, 3.8) is 0 Å². The number of carboxylic acid groups (broad SMARTS) is 1. The van der Waals surface area contributed by atoms with Gasteiger partial charge in [-0.25, -0.2) is 24.0 Å². The Balaban J connectivity index is 0.000000456. The highest BCUT2D eigenvalue weighted by molar-refractivity contribution is 5.97. The zero-order valence-electron chi connectivity index (χ0n) is 42.4. The van der Waals surface area contributed by atoms with Crippen LogP contribution in [0.5, 0.6) is 0 Å². The Morgan fingerprint density at radius 1 is 0.474 bits per heavy atom. The number of benzene rings is 4. The summed E-state index contributed by atoms with van der Waals surface area (Å²) in [6.07, 6.45) is -2.85. The third-order valence-corrected chi connectivity index (χ3v) is 9.83. The van der Waals surface area contributed by atoms with Crippen LogP contribution in [0.4, 0.5) is 9.59 Å². The van der Waals surface area contributed by atoms with Gasteiger partial charge in [-0.2, -0.15) is 11.0 Å². The number of nitrogens with zero attached hydrogens (tertiary/aromatic N) is 1. The van der Waals surface area contributed by atoms with Crippen LogP contribution in [0.25, 0.3) is 0 Å². The molecule has 78 heavy (non-hydrogen) atoms. The lowest BCUT2D eigenvalue weighted by Gasteiger charge is -2.21. The second kappa shape index (κ2) is 34.3. The van der Waals surface area contributed by atoms with Gasteiger partial charge in [0.2, 0.25) is 35.4 Å². The normalized spacial score (nSPS) is 12.3. The molecule has 0 aromatic heterocycles. The molecule has 0 unspecified atom stereocenters. The van der Waals surface area contributed by atoms with Gasteiger partial charge < -0.3 is 62.8 Å². The molecule has 4 aromatic rings. The van der Waals surface area contributed by atoms with E-state index in [9.17, 15) is 57.5 Å². The van der Waals surface area contributed by atoms with Crippen LogP contribution in [0.15, 0.2) is 127 Å². The topological polar surface area (TPSA) is 434 Å². The number of carboxylic acids is 1. The van der Waals surface area contributed by atoms with Crippen LogP contribution in [0.3, 0.4) is 0 Å². The molecular formula is C50H59N11O17. The van der Waals surface area contributed by atoms with E-state index in [1.54, 1.807) is 97.1 Å². The van der Waals surface area contributed by atoms with Gasteiger partial charge in [0.05, 0.1) is 24.0 Å². The maximum Gasteiger partial charge on any atom is 0.408 e. The number of hydrogen-bond acceptors (Lipinski definition) is 18. The number of ether oxygens (including phenoxy) is 2. The molecule has 9 amide bonds. The van der Waals surface area contributed by atoms with Gasteiger partial charge in [-0.05, 0) is 63.1 Å². The predicted octanol–water partition coefficient (Wildman–Crippen LogP) is 1.09. The van der Waals surface area contributed by atoms with Crippen molar-refractivity contribution in [1.82, 2.24) is 37.4 Å². The Morgan fingerprint density at radius 2 is 0.808 bits per heavy atom. The molecule has 28 nitrogen and oxygen atoms in total. The first kappa shape index (κ1) is 63.8. The Bertz CT molecular complexity index is 2690. The molecule has 4 aromatic carbocycles. The van der Waals surface area contributed by atoms with Gasteiger partial charge in [0.25, 0.3) is 5.91 Å². The molecule has 0 aliphatic carbocycles. The summed E-state index contributed by atoms with van der Waals surface area (Å²) in [7, 11) is 0. The molecule has 0 saturated heterocycles. The summed E-state index contributed by atoms with van der Waals surface area (Å²) in [5, 5.41) is 25.2. The number of rotatable bonds is 23. The molecule has 0 bridgehead atoms. The van der Waals surface area contributed by atoms with E-state index >= 15 is 0 Å². The van der Waals surface area contributed by atoms with Crippen molar-refractivity contribution in [2.24, 2.45) is 16.7 Å². The lowest BCUT2D eigenvalue weighted by Crippen LogP contribution is -2.56. The quantitative estimate of drug-likeness (QED) is 0.0281. The zero-order chi connectivity index (χ0) is 58.2. The molecule has 0 heterocycles. The summed E-state index contributed by atoms with van der Waals surface area (Å²) in [6.45, 7) is 5.43. The van der Waals surface area contributed by atoms with E-state index in [1.807, 2.05) is 17.6 Å². The van der Waals surface area contributed by atoms with Crippen LogP contribution in [0.1, 0.15) is 72.4 Å². The largest absolute Gasteiger partial charge is 0.480 e. The van der Waals surface area contributed by atoms with Crippen LogP contribution >= 0.6 is 0 Å². The lowest BCUT2D eigenvalue weighted by molar-refractivity contribution is -0.143. The Hall–Kier alpha value is -10.3. The fraction of sp³-hybridized carbons (Fsp3) is 0.280. The number of nitrogens with two attached hydrogens (primary N) is 2. The minimum Gasteiger partial charge on any atom is -0.480 e. The van der Waals surface area contributed by atoms with Gasteiger partial charge in [-0.15, -0.1) is 0 Å². The number of nitrogens with one attached hydrogen (secondary N) is 8. The number of aliphatic carboxylic acids is 1. The number of carbonyl (C=O) groups excluding carboxylic acids is 11. The van der Waals surface area contributed by atoms with E-state index in [2.05, 4.69) is 42.0 Å². The van der Waals surface area contributed by atoms with Crippen LogP contribution in [0, 0.1) is 5.53 Å². The number of amides is 9. The SMILES string of the molecule is C[C@H](NC(=O)OCc1ccccc1)C(=O)N[C@@H](C)C(=O)N[C@@H](CC(N)=O)C(=O)NOC(=O)c1ccccc1.C[C@H](NC(=O)OCc1ccccc1)C(=O)N[C@@H](C)C(=O)N[C@@H](CC(N)=O)C(=O)O.N=NOC(=O)c1ccccc1. The van der Waals surface area contributed by atoms with E-state index in [0.717, 1.165) is 11.1 Å². The van der Waals surface area contributed by atoms with E-state index in [0.29, 0.717) is 5.56 Å². The minimum absolute atomic E-state index is 0.00377. The van der Waals surface area contributed by atoms with E-state index in [1.165, 1.54) is 39.8 Å². The van der Waals surface area contributed by atoms with Crippen molar-refractivity contribution in [2.75, 3.05) is 0 Å². The average molecular weight is 1090 g/mol. The van der Waals surface area contributed by atoms with E-state index in [4.69, 9.17) is 36.4 Å². The van der Waals surface area contributed by atoms with Crippen molar-refractivity contribution in [3.05, 3.63) is 144 Å². The number of hydroxylamine groups is 1. The van der Waals surface area contributed by atoms with E-state index < -0.39 is 121 Å². The average Bonchev–Trinajstić information content (AvgIpc) is 3.41. The van der Waals surface area contributed by atoms with Crippen molar-refractivity contribution >= 4 is 71.4 Å². The standard InChI is InChI=1S/C25H29N5O8.C18H24N4O7.C7H6N2O2/c1-15(27-21(32)16(2)28-25(36)37-14-17-9-5-3-6-10-17)22(33)29-19(13-20(26)31)23(34)30-38-24(35)18-11-7-4-8-12-18;1-10(16(25)22-13(17(26)27)8-14(19)23)20-15(24)11(2)21-18(28)29-9-12-6-4-3-5-7-12;8-9-11-7(10)6-4-2-1-3-5-6/h3-12,15-16,19H,13-14H2,1-2H3,(H2,26,31)(H,27,32)(H,28,36)(H,29,33)(H,30,34);3-7,10-11,13H,8-9H2,1-2H3,(H2,19,23)(H,20,24)(H,21,28)(H,22,25)(H,26,27);1-5,8H/t15-,16-,19-;10-,11-,13-;/m00./s1. The lowest BCUT2D eigenvalue weighted by atomic mass is 10.1. The monoisotopic (exact) mass is 1090 g/mol. The highest BCUT2D eigenvalue weighted by Gasteiger charge is 2.29. The molecular weight excluding hydrogens is 1030 g/mol. The number of hydrogen-bond donors (Lipinski definition) is 11. The van der Waals surface area contributed by atoms with Crippen LogP contribution in [-0.4, -0.2) is 113 Å². The highest BCUT2D eigenvalue weighted by Crippen LogP contribution is 2.05. The van der Waals surface area contributed by atoms with Crippen molar-refractivity contribution in [3.8, 4) is 0 Å². The van der Waals surface area contributed by atoms with Crippen LogP contribution in [0.2, 0.25) is 0 Å². The summed E-state index contributed by atoms with van der Waals surface area (Å²) in [5.41, 5.74) is 20.3. The minimum atomic E-state index is -1.51. The van der Waals surface area contributed by atoms with Crippen LogP contribution < -0.4 is 48.8 Å². The smallest absolute Gasteiger partial charge is 0.408 e. The highest BCUT2D eigenvalue weighted by atomic mass is 16.7. The fourth-order valence-corrected chi connectivity index (χ4v) is 5.70. The predicted molar refractivity (Wildman–Crippen MR) is 270 cm³/mol. The first-order chi connectivity index (χ1) is 37.0. The third-order valence-electron chi connectivity index (χ3n) is 9.83. The Labute approximate surface area is 445 Å². The number of carbonyl (C=O) groups is 12. The summed E-state index contributed by atoms with van der Waals surface area (Å²) in [5.74, 6) is -8.82. The molecule has 28 heteroatoms. The van der Waals surface area contributed by atoms with Gasteiger partial charge >= 0.3 is 30.1 Å². The molecule has 416 valence electrons. The first-order valence-corrected chi connectivity index (χ1v) is 23.2. The Kier molecular flexibility index (Phi) is 28.0. The summed E-state index contributed by atoms with van der Waals surface area (Å²) < 4.78 is 10.1. The summed E-state index contributed by atoms with van der Waals surface area (Å²) in [4.78, 5) is 150. The molecule has 0 fully saturated rings. The maximum absolute atomic E-state index is 12.6. The van der Waals surface area contributed by atoms with Gasteiger partial charge in [0.1, 0.15) is 49.5 Å². The van der Waals surface area contributed by atoms with Crippen LogP contribution in [-0.2, 0) is 70.7 Å². The van der Waals surface area contributed by atoms with Crippen molar-refractivity contribution in [2.45, 2.75) is 90.0 Å². The Morgan fingerprint density at radius 3 is 1.18 bits per heavy atom. The van der Waals surface area contributed by atoms with Gasteiger partial charge in [-0.3, -0.25) is 38.4 Å². The zero-order valence-corrected chi connectivity index (χ0v) is 42.4. The maximum atomic E-state index is 12.6. The van der Waals surface area contributed by atoms with Crippen molar-refractivity contribution < 1.29 is 81.8 Å². The molecule has 0 radical (unpaired) electrons. The first-order valence-electron chi connectivity index (χ1n) is 23.2. The number of primary amides is 2.